The van der Waals surface area contributed by atoms with Crippen LogP contribution in [0.25, 0.3) is 11.5 Å². The Hall–Kier alpha value is -2.43. The SMILES string of the molecule is Cc1ccc(-c2nc(CN3CCC(CO)(c4ccccc4)C3)co2)cc1. The van der Waals surface area contributed by atoms with Crippen LogP contribution in [0.1, 0.15) is 23.2 Å². The fraction of sp³-hybridized carbons (Fsp3) is 0.318. The lowest BCUT2D eigenvalue weighted by atomic mass is 9.80. The van der Waals surface area contributed by atoms with Gasteiger partial charge in [0.2, 0.25) is 5.89 Å². The van der Waals surface area contributed by atoms with Gasteiger partial charge in [0, 0.05) is 24.1 Å². The molecule has 4 rings (SSSR count). The summed E-state index contributed by atoms with van der Waals surface area (Å²) in [6.07, 6.45) is 2.70. The van der Waals surface area contributed by atoms with Gasteiger partial charge in [0.05, 0.1) is 12.3 Å². The van der Waals surface area contributed by atoms with Crippen molar-refractivity contribution in [3.8, 4) is 11.5 Å². The van der Waals surface area contributed by atoms with E-state index in [1.165, 1.54) is 11.1 Å². The van der Waals surface area contributed by atoms with Crippen LogP contribution in [-0.2, 0) is 12.0 Å². The highest BCUT2D eigenvalue weighted by atomic mass is 16.3. The van der Waals surface area contributed by atoms with E-state index in [9.17, 15) is 5.11 Å². The van der Waals surface area contributed by atoms with Crippen LogP contribution in [0.2, 0.25) is 0 Å². The van der Waals surface area contributed by atoms with Crippen LogP contribution in [0, 0.1) is 6.92 Å². The standard InChI is InChI=1S/C22H24N2O2/c1-17-7-9-18(10-8-17)21-23-20(14-26-21)13-24-12-11-22(15-24,16-25)19-5-3-2-4-6-19/h2-10,14,25H,11-13,15-16H2,1H3. The minimum atomic E-state index is -0.176. The fourth-order valence-electron chi connectivity index (χ4n) is 3.78. The highest BCUT2D eigenvalue weighted by Gasteiger charge is 2.39. The van der Waals surface area contributed by atoms with E-state index in [1.54, 1.807) is 6.26 Å². The average molecular weight is 348 g/mol. The maximum Gasteiger partial charge on any atom is 0.226 e. The number of aromatic nitrogens is 1. The summed E-state index contributed by atoms with van der Waals surface area (Å²) in [7, 11) is 0. The second-order valence-corrected chi connectivity index (χ2v) is 7.28. The van der Waals surface area contributed by atoms with Gasteiger partial charge in [-0.1, -0.05) is 48.0 Å². The molecule has 0 spiro atoms. The van der Waals surface area contributed by atoms with Crippen molar-refractivity contribution in [3.63, 3.8) is 0 Å². The molecule has 2 heterocycles. The quantitative estimate of drug-likeness (QED) is 0.762. The van der Waals surface area contributed by atoms with E-state index < -0.39 is 0 Å². The van der Waals surface area contributed by atoms with E-state index >= 15 is 0 Å². The van der Waals surface area contributed by atoms with E-state index in [2.05, 4.69) is 41.1 Å². The second kappa shape index (κ2) is 7.06. The third-order valence-electron chi connectivity index (χ3n) is 5.36. The molecule has 0 radical (unpaired) electrons. The van der Waals surface area contributed by atoms with Gasteiger partial charge in [-0.3, -0.25) is 4.90 Å². The van der Waals surface area contributed by atoms with Crippen LogP contribution < -0.4 is 0 Å². The smallest absolute Gasteiger partial charge is 0.226 e. The topological polar surface area (TPSA) is 49.5 Å². The number of aliphatic hydroxyl groups excluding tert-OH is 1. The normalized spacial score (nSPS) is 20.5. The molecular weight excluding hydrogens is 324 g/mol. The van der Waals surface area contributed by atoms with E-state index in [0.717, 1.165) is 37.3 Å². The number of aliphatic hydroxyl groups is 1. The number of aryl methyl sites for hydroxylation is 1. The van der Waals surface area contributed by atoms with Crippen molar-refractivity contribution in [2.45, 2.75) is 25.3 Å². The molecule has 1 atom stereocenters. The summed E-state index contributed by atoms with van der Waals surface area (Å²) in [4.78, 5) is 7.00. The van der Waals surface area contributed by atoms with Crippen molar-refractivity contribution in [1.82, 2.24) is 9.88 Å². The first kappa shape index (κ1) is 17.0. The van der Waals surface area contributed by atoms with Crippen molar-refractivity contribution in [2.24, 2.45) is 0 Å². The van der Waals surface area contributed by atoms with Crippen LogP contribution >= 0.6 is 0 Å². The molecule has 4 nitrogen and oxygen atoms in total. The van der Waals surface area contributed by atoms with Crippen molar-refractivity contribution in [3.05, 3.63) is 77.7 Å². The monoisotopic (exact) mass is 348 g/mol. The first-order valence-electron chi connectivity index (χ1n) is 9.09. The van der Waals surface area contributed by atoms with Gasteiger partial charge in [0.15, 0.2) is 0 Å². The fourth-order valence-corrected chi connectivity index (χ4v) is 3.78. The molecule has 0 aliphatic carbocycles. The van der Waals surface area contributed by atoms with Gasteiger partial charge < -0.3 is 9.52 Å². The van der Waals surface area contributed by atoms with Crippen molar-refractivity contribution in [2.75, 3.05) is 19.7 Å². The zero-order valence-corrected chi connectivity index (χ0v) is 15.1. The Morgan fingerprint density at radius 3 is 2.62 bits per heavy atom. The third-order valence-corrected chi connectivity index (χ3v) is 5.36. The lowest BCUT2D eigenvalue weighted by Gasteiger charge is -2.27. The Morgan fingerprint density at radius 2 is 1.88 bits per heavy atom. The minimum Gasteiger partial charge on any atom is -0.444 e. The van der Waals surface area contributed by atoms with Crippen LogP contribution in [0.15, 0.2) is 65.3 Å². The van der Waals surface area contributed by atoms with Gasteiger partial charge in [-0.25, -0.2) is 4.98 Å². The molecule has 0 saturated carbocycles. The number of oxazole rings is 1. The zero-order chi connectivity index (χ0) is 18.0. The Kier molecular flexibility index (Phi) is 4.62. The Morgan fingerprint density at radius 1 is 1.12 bits per heavy atom. The molecule has 0 amide bonds. The number of nitrogens with zero attached hydrogens (tertiary/aromatic N) is 2. The third kappa shape index (κ3) is 3.30. The molecule has 1 saturated heterocycles. The maximum atomic E-state index is 10.1. The van der Waals surface area contributed by atoms with Crippen LogP contribution in [-0.4, -0.2) is 34.7 Å². The molecule has 0 bridgehead atoms. The summed E-state index contributed by atoms with van der Waals surface area (Å²) in [5, 5.41) is 10.1. The van der Waals surface area contributed by atoms with Crippen LogP contribution in [0.5, 0.6) is 0 Å². The molecule has 1 N–H and O–H groups in total. The second-order valence-electron chi connectivity index (χ2n) is 7.28. The van der Waals surface area contributed by atoms with Gasteiger partial charge in [-0.05, 0) is 37.6 Å². The Labute approximate surface area is 154 Å². The highest BCUT2D eigenvalue weighted by molar-refractivity contribution is 5.53. The van der Waals surface area contributed by atoms with Crippen molar-refractivity contribution in [1.29, 1.82) is 0 Å². The molecule has 4 heteroatoms. The molecule has 1 aromatic heterocycles. The number of hydrogen-bond acceptors (Lipinski definition) is 4. The molecule has 1 aliphatic rings. The van der Waals surface area contributed by atoms with Gasteiger partial charge in [-0.2, -0.15) is 0 Å². The van der Waals surface area contributed by atoms with E-state index in [0.29, 0.717) is 5.89 Å². The molecule has 134 valence electrons. The summed E-state index contributed by atoms with van der Waals surface area (Å²) >= 11 is 0. The summed E-state index contributed by atoms with van der Waals surface area (Å²) in [6, 6.07) is 18.5. The maximum absolute atomic E-state index is 10.1. The molecule has 3 aromatic rings. The largest absolute Gasteiger partial charge is 0.444 e. The van der Waals surface area contributed by atoms with Crippen LogP contribution in [0.4, 0.5) is 0 Å². The van der Waals surface area contributed by atoms with E-state index in [4.69, 9.17) is 4.42 Å². The van der Waals surface area contributed by atoms with E-state index in [1.807, 2.05) is 30.3 Å². The number of likely N-dealkylation sites (tertiary alicyclic amines) is 1. The predicted molar refractivity (Wildman–Crippen MR) is 102 cm³/mol. The van der Waals surface area contributed by atoms with E-state index in [-0.39, 0.29) is 12.0 Å². The first-order valence-corrected chi connectivity index (χ1v) is 9.09. The summed E-state index contributed by atoms with van der Waals surface area (Å²) in [6.45, 7) is 4.76. The number of benzene rings is 2. The van der Waals surface area contributed by atoms with Crippen molar-refractivity contribution < 1.29 is 9.52 Å². The van der Waals surface area contributed by atoms with Crippen LogP contribution in [0.3, 0.4) is 0 Å². The summed E-state index contributed by atoms with van der Waals surface area (Å²) in [5.74, 6) is 0.663. The van der Waals surface area contributed by atoms with Gasteiger partial charge in [0.1, 0.15) is 6.26 Å². The first-order chi connectivity index (χ1) is 12.7. The average Bonchev–Trinajstić information content (AvgIpc) is 3.31. The number of rotatable bonds is 5. The van der Waals surface area contributed by atoms with Gasteiger partial charge in [0.25, 0.3) is 0 Å². The molecule has 2 aromatic carbocycles. The summed E-state index contributed by atoms with van der Waals surface area (Å²) < 4.78 is 5.68. The highest BCUT2D eigenvalue weighted by Crippen LogP contribution is 2.35. The molecule has 26 heavy (non-hydrogen) atoms. The molecule has 1 fully saturated rings. The Bertz CT molecular complexity index is 857. The molecule has 1 aliphatic heterocycles. The molecular formula is C22H24N2O2. The number of hydrogen-bond donors (Lipinski definition) is 1. The zero-order valence-electron chi connectivity index (χ0n) is 15.1. The predicted octanol–water partition coefficient (Wildman–Crippen LogP) is 3.79. The molecule has 1 unspecified atom stereocenters. The van der Waals surface area contributed by atoms with Crippen molar-refractivity contribution >= 4 is 0 Å². The lowest BCUT2D eigenvalue weighted by molar-refractivity contribution is 0.188. The van der Waals surface area contributed by atoms with Gasteiger partial charge >= 0.3 is 0 Å². The Balaban J connectivity index is 1.46. The minimum absolute atomic E-state index is 0.168. The summed E-state index contributed by atoms with van der Waals surface area (Å²) in [5.41, 5.74) is 4.19. The van der Waals surface area contributed by atoms with Gasteiger partial charge in [-0.15, -0.1) is 0 Å². The lowest BCUT2D eigenvalue weighted by Crippen LogP contribution is -2.34.